The van der Waals surface area contributed by atoms with Crippen molar-refractivity contribution < 1.29 is 31.5 Å². The summed E-state index contributed by atoms with van der Waals surface area (Å²) in [5.74, 6) is -3.09. The van der Waals surface area contributed by atoms with Crippen LogP contribution in [0.25, 0.3) is 0 Å². The molecule has 1 aromatic carbocycles. The zero-order valence-corrected chi connectivity index (χ0v) is 15.2. The van der Waals surface area contributed by atoms with E-state index >= 15 is 0 Å². The van der Waals surface area contributed by atoms with Crippen molar-refractivity contribution in [3.63, 3.8) is 0 Å². The molecule has 3 rings (SSSR count). The molecule has 1 aromatic rings. The average molecular weight is 389 g/mol. The molecule has 26 heavy (non-hydrogen) atoms. The van der Waals surface area contributed by atoms with Crippen LogP contribution in [0.5, 0.6) is 5.75 Å². The number of amides is 1. The Morgan fingerprint density at radius 2 is 2.04 bits per heavy atom. The van der Waals surface area contributed by atoms with Gasteiger partial charge in [-0.3, -0.25) is 4.79 Å². The third-order valence-corrected chi connectivity index (χ3v) is 6.54. The van der Waals surface area contributed by atoms with E-state index in [1.807, 2.05) is 0 Å². The summed E-state index contributed by atoms with van der Waals surface area (Å²) in [7, 11) is -2.20. The average Bonchev–Trinajstić information content (AvgIpc) is 2.62. The van der Waals surface area contributed by atoms with E-state index in [2.05, 4.69) is 5.32 Å². The maximum absolute atomic E-state index is 14.3. The standard InChI is InChI=1S/C17H21F2NO5S/c1-20-15(21)9-26(22,23)7-5-14-11-8-25-17-13(19)3-2-12(18)16(17)10(11)4-6-24-14/h2-3,10-11,14H,4-9H2,1H3,(H,20,21)/t10?,11?,14-/m0/s1. The molecule has 1 N–H and O–H groups in total. The summed E-state index contributed by atoms with van der Waals surface area (Å²) in [5, 5.41) is 2.28. The van der Waals surface area contributed by atoms with Gasteiger partial charge in [0.05, 0.1) is 18.5 Å². The minimum Gasteiger partial charge on any atom is -0.490 e. The molecule has 2 unspecified atom stereocenters. The Balaban J connectivity index is 1.74. The van der Waals surface area contributed by atoms with Crippen molar-refractivity contribution in [2.45, 2.75) is 24.9 Å². The van der Waals surface area contributed by atoms with Gasteiger partial charge in [0.2, 0.25) is 5.91 Å². The molecule has 1 fully saturated rings. The predicted molar refractivity (Wildman–Crippen MR) is 89.8 cm³/mol. The van der Waals surface area contributed by atoms with Gasteiger partial charge in [-0.05, 0) is 25.0 Å². The van der Waals surface area contributed by atoms with Gasteiger partial charge in [-0.25, -0.2) is 17.2 Å². The maximum Gasteiger partial charge on any atom is 0.234 e. The second kappa shape index (κ2) is 7.48. The summed E-state index contributed by atoms with van der Waals surface area (Å²) in [6.07, 6.45) is 0.239. The molecule has 2 heterocycles. The molecule has 0 aliphatic carbocycles. The smallest absolute Gasteiger partial charge is 0.234 e. The van der Waals surface area contributed by atoms with Crippen LogP contribution in [0.4, 0.5) is 8.78 Å². The van der Waals surface area contributed by atoms with Crippen LogP contribution in [0.3, 0.4) is 0 Å². The first-order chi connectivity index (χ1) is 12.3. The van der Waals surface area contributed by atoms with Crippen molar-refractivity contribution in [1.29, 1.82) is 0 Å². The summed E-state index contributed by atoms with van der Waals surface area (Å²) >= 11 is 0. The van der Waals surface area contributed by atoms with E-state index < -0.39 is 39.2 Å². The Kier molecular flexibility index (Phi) is 5.47. The Hall–Kier alpha value is -1.74. The van der Waals surface area contributed by atoms with Gasteiger partial charge in [-0.15, -0.1) is 0 Å². The normalized spacial score (nSPS) is 25.0. The molecule has 2 aliphatic rings. The molecular weight excluding hydrogens is 368 g/mol. The molecule has 0 aromatic heterocycles. The van der Waals surface area contributed by atoms with Gasteiger partial charge < -0.3 is 14.8 Å². The highest BCUT2D eigenvalue weighted by atomic mass is 32.2. The highest BCUT2D eigenvalue weighted by Crippen LogP contribution is 2.46. The number of carbonyl (C=O) groups excluding carboxylic acids is 1. The van der Waals surface area contributed by atoms with Crippen LogP contribution >= 0.6 is 0 Å². The van der Waals surface area contributed by atoms with Gasteiger partial charge in [0.25, 0.3) is 0 Å². The zero-order chi connectivity index (χ0) is 18.9. The number of hydrogen-bond donors (Lipinski definition) is 1. The van der Waals surface area contributed by atoms with E-state index in [4.69, 9.17) is 9.47 Å². The van der Waals surface area contributed by atoms with E-state index in [9.17, 15) is 22.0 Å². The fraction of sp³-hybridized carbons (Fsp3) is 0.588. The van der Waals surface area contributed by atoms with Crippen LogP contribution in [0, 0.1) is 17.6 Å². The van der Waals surface area contributed by atoms with Gasteiger partial charge in [0, 0.05) is 31.1 Å². The minimum atomic E-state index is -3.57. The predicted octanol–water partition coefficient (Wildman–Crippen LogP) is 1.40. The van der Waals surface area contributed by atoms with Crippen LogP contribution in [0.1, 0.15) is 24.3 Å². The number of nitrogens with one attached hydrogen (secondary N) is 1. The van der Waals surface area contributed by atoms with Crippen molar-refractivity contribution in [2.24, 2.45) is 5.92 Å². The number of benzene rings is 1. The van der Waals surface area contributed by atoms with Crippen LogP contribution in [-0.4, -0.2) is 52.2 Å². The molecule has 0 spiro atoms. The Bertz CT molecular complexity index is 799. The second-order valence-corrected chi connectivity index (χ2v) is 8.79. The van der Waals surface area contributed by atoms with E-state index in [0.29, 0.717) is 13.0 Å². The fourth-order valence-corrected chi connectivity index (χ4v) is 4.96. The van der Waals surface area contributed by atoms with E-state index in [1.54, 1.807) is 0 Å². The summed E-state index contributed by atoms with van der Waals surface area (Å²) in [6.45, 7) is 0.467. The number of halogens is 2. The summed E-state index contributed by atoms with van der Waals surface area (Å²) in [4.78, 5) is 11.3. The van der Waals surface area contributed by atoms with Crippen LogP contribution in [0.15, 0.2) is 12.1 Å². The first kappa shape index (κ1) is 19.0. The quantitative estimate of drug-likeness (QED) is 0.823. The molecule has 144 valence electrons. The zero-order valence-electron chi connectivity index (χ0n) is 14.3. The Morgan fingerprint density at radius 3 is 2.77 bits per heavy atom. The van der Waals surface area contributed by atoms with Crippen LogP contribution < -0.4 is 10.1 Å². The number of hydrogen-bond acceptors (Lipinski definition) is 5. The van der Waals surface area contributed by atoms with E-state index in [0.717, 1.165) is 12.1 Å². The SMILES string of the molecule is CNC(=O)CS(=O)(=O)CC[C@@H]1OCCC2c3c(F)ccc(F)c3OCC21. The third-order valence-electron chi connectivity index (χ3n) is 4.98. The fourth-order valence-electron chi connectivity index (χ4n) is 3.68. The monoisotopic (exact) mass is 389 g/mol. The molecule has 2 aliphatic heterocycles. The number of ether oxygens (including phenoxy) is 2. The summed E-state index contributed by atoms with van der Waals surface area (Å²) < 4.78 is 63.4. The Labute approximate surface area is 150 Å². The van der Waals surface area contributed by atoms with E-state index in [1.165, 1.54) is 7.05 Å². The van der Waals surface area contributed by atoms with Gasteiger partial charge in [0.1, 0.15) is 11.6 Å². The van der Waals surface area contributed by atoms with E-state index in [-0.39, 0.29) is 41.9 Å². The third kappa shape index (κ3) is 3.83. The molecule has 0 saturated carbocycles. The number of fused-ring (bicyclic) bond motifs is 3. The molecule has 0 bridgehead atoms. The highest BCUT2D eigenvalue weighted by molar-refractivity contribution is 7.92. The van der Waals surface area contributed by atoms with Gasteiger partial charge in [0.15, 0.2) is 21.4 Å². The molecule has 1 saturated heterocycles. The largest absolute Gasteiger partial charge is 0.490 e. The molecule has 0 radical (unpaired) electrons. The lowest BCUT2D eigenvalue weighted by atomic mass is 9.76. The lowest BCUT2D eigenvalue weighted by molar-refractivity contribution is -0.118. The van der Waals surface area contributed by atoms with Gasteiger partial charge in [-0.1, -0.05) is 0 Å². The lowest BCUT2D eigenvalue weighted by Crippen LogP contribution is -2.43. The van der Waals surface area contributed by atoms with Gasteiger partial charge in [-0.2, -0.15) is 0 Å². The van der Waals surface area contributed by atoms with Crippen molar-refractivity contribution in [2.75, 3.05) is 31.8 Å². The summed E-state index contributed by atoms with van der Waals surface area (Å²) in [6, 6.07) is 2.12. The lowest BCUT2D eigenvalue weighted by Gasteiger charge is -2.42. The van der Waals surface area contributed by atoms with Crippen molar-refractivity contribution in [3.05, 3.63) is 29.3 Å². The molecule has 1 amide bonds. The molecule has 3 atom stereocenters. The number of carbonyl (C=O) groups is 1. The highest BCUT2D eigenvalue weighted by Gasteiger charge is 2.42. The first-order valence-electron chi connectivity index (χ1n) is 8.45. The minimum absolute atomic E-state index is 0.0564. The van der Waals surface area contributed by atoms with Crippen molar-refractivity contribution in [3.8, 4) is 5.75 Å². The molecule has 6 nitrogen and oxygen atoms in total. The van der Waals surface area contributed by atoms with Crippen LogP contribution in [-0.2, 0) is 19.4 Å². The number of rotatable bonds is 5. The summed E-state index contributed by atoms with van der Waals surface area (Å²) in [5.41, 5.74) is 0.211. The molecule has 9 heteroatoms. The Morgan fingerprint density at radius 1 is 1.31 bits per heavy atom. The first-order valence-corrected chi connectivity index (χ1v) is 10.3. The maximum atomic E-state index is 14.3. The van der Waals surface area contributed by atoms with Gasteiger partial charge >= 0.3 is 0 Å². The topological polar surface area (TPSA) is 81.7 Å². The number of sulfone groups is 1. The van der Waals surface area contributed by atoms with Crippen LogP contribution in [0.2, 0.25) is 0 Å². The molecular formula is C17H21F2NO5S. The van der Waals surface area contributed by atoms with Crippen molar-refractivity contribution >= 4 is 15.7 Å². The second-order valence-electron chi connectivity index (χ2n) is 6.61. The van der Waals surface area contributed by atoms with Crippen molar-refractivity contribution in [1.82, 2.24) is 5.32 Å².